The highest BCUT2D eigenvalue weighted by atomic mass is 16.5. The smallest absolute Gasteiger partial charge is 0.205 e. The molecule has 1 unspecified atom stereocenters. The van der Waals surface area contributed by atoms with E-state index in [1.54, 1.807) is 0 Å². The molecule has 2 N–H and O–H groups in total. The molecule has 23 heavy (non-hydrogen) atoms. The third-order valence-corrected chi connectivity index (χ3v) is 4.22. The Labute approximate surface area is 134 Å². The molecule has 0 spiro atoms. The van der Waals surface area contributed by atoms with Crippen molar-refractivity contribution in [3.8, 4) is 11.8 Å². The van der Waals surface area contributed by atoms with Crippen molar-refractivity contribution in [3.05, 3.63) is 89.3 Å². The molecule has 0 saturated heterocycles. The molecule has 3 aromatic carbocycles. The van der Waals surface area contributed by atoms with Crippen LogP contribution >= 0.6 is 0 Å². The number of nitrogens with zero attached hydrogens (tertiary/aromatic N) is 1. The predicted molar refractivity (Wildman–Crippen MR) is 89.7 cm³/mol. The van der Waals surface area contributed by atoms with Crippen LogP contribution in [-0.2, 0) is 0 Å². The quantitative estimate of drug-likeness (QED) is 0.737. The zero-order chi connectivity index (χ0) is 15.8. The molecule has 0 amide bonds. The van der Waals surface area contributed by atoms with Gasteiger partial charge >= 0.3 is 0 Å². The van der Waals surface area contributed by atoms with Gasteiger partial charge < -0.3 is 10.5 Å². The van der Waals surface area contributed by atoms with E-state index in [0.717, 1.165) is 21.9 Å². The number of benzene rings is 3. The predicted octanol–water partition coefficient (Wildman–Crippen LogP) is 4.06. The Kier molecular flexibility index (Phi) is 3.03. The van der Waals surface area contributed by atoms with Gasteiger partial charge in [-0.05, 0) is 28.5 Å². The summed E-state index contributed by atoms with van der Waals surface area (Å²) in [5, 5.41) is 11.8. The van der Waals surface area contributed by atoms with Gasteiger partial charge in [0.2, 0.25) is 5.88 Å². The second-order valence-electron chi connectivity index (χ2n) is 5.57. The summed E-state index contributed by atoms with van der Waals surface area (Å²) >= 11 is 0. The first-order valence-corrected chi connectivity index (χ1v) is 7.43. The zero-order valence-corrected chi connectivity index (χ0v) is 12.4. The van der Waals surface area contributed by atoms with Crippen LogP contribution in [0.5, 0.6) is 5.75 Å². The Hall–Kier alpha value is -3.25. The van der Waals surface area contributed by atoms with Crippen LogP contribution in [0.4, 0.5) is 0 Å². The van der Waals surface area contributed by atoms with Crippen molar-refractivity contribution in [2.45, 2.75) is 5.92 Å². The Morgan fingerprint density at radius 2 is 1.57 bits per heavy atom. The minimum absolute atomic E-state index is 0.184. The van der Waals surface area contributed by atoms with Crippen LogP contribution in [0.3, 0.4) is 0 Å². The van der Waals surface area contributed by atoms with Gasteiger partial charge in [-0.3, -0.25) is 0 Å². The molecule has 1 atom stereocenters. The number of hydrogen-bond acceptors (Lipinski definition) is 3. The molecule has 1 heterocycles. The van der Waals surface area contributed by atoms with Crippen LogP contribution in [0.2, 0.25) is 0 Å². The average molecular weight is 298 g/mol. The molecule has 4 rings (SSSR count). The number of nitriles is 1. The highest BCUT2D eigenvalue weighted by Crippen LogP contribution is 2.43. The third kappa shape index (κ3) is 2.13. The number of fused-ring (bicyclic) bond motifs is 2. The molecule has 0 bridgehead atoms. The number of allylic oxidation sites excluding steroid dienone is 1. The van der Waals surface area contributed by atoms with Gasteiger partial charge in [-0.2, -0.15) is 5.26 Å². The standard InChI is InChI=1S/C20H14N2O/c21-12-17-19(13-6-2-1-3-7-13)16-10-14-8-4-5-9-15(14)11-18(16)23-20(17)22/h1-11,19H,22H2. The molecule has 0 fully saturated rings. The van der Waals surface area contributed by atoms with Gasteiger partial charge in [0, 0.05) is 5.56 Å². The molecule has 0 radical (unpaired) electrons. The summed E-state index contributed by atoms with van der Waals surface area (Å²) in [7, 11) is 0. The topological polar surface area (TPSA) is 59.0 Å². The SMILES string of the molecule is N#CC1=C(N)Oc2cc3ccccc3cc2C1c1ccccc1. The zero-order valence-electron chi connectivity index (χ0n) is 12.4. The largest absolute Gasteiger partial charge is 0.440 e. The molecule has 0 aromatic heterocycles. The third-order valence-electron chi connectivity index (χ3n) is 4.22. The van der Waals surface area contributed by atoms with Gasteiger partial charge in [-0.15, -0.1) is 0 Å². The number of ether oxygens (including phenoxy) is 1. The first-order chi connectivity index (χ1) is 11.3. The van der Waals surface area contributed by atoms with Crippen LogP contribution in [0.15, 0.2) is 78.2 Å². The maximum Gasteiger partial charge on any atom is 0.205 e. The minimum Gasteiger partial charge on any atom is -0.440 e. The number of nitrogens with two attached hydrogens (primary N) is 1. The van der Waals surface area contributed by atoms with Gasteiger partial charge in [0.1, 0.15) is 17.4 Å². The highest BCUT2D eigenvalue weighted by molar-refractivity contribution is 5.86. The van der Waals surface area contributed by atoms with Crippen LogP contribution in [-0.4, -0.2) is 0 Å². The number of rotatable bonds is 1. The van der Waals surface area contributed by atoms with E-state index in [2.05, 4.69) is 18.2 Å². The summed E-state index contributed by atoms with van der Waals surface area (Å²) in [6.07, 6.45) is 0. The van der Waals surface area contributed by atoms with Crippen LogP contribution in [0, 0.1) is 11.3 Å². The van der Waals surface area contributed by atoms with E-state index in [1.807, 2.05) is 54.6 Å². The summed E-state index contributed by atoms with van der Waals surface area (Å²) in [5.74, 6) is 0.702. The van der Waals surface area contributed by atoms with E-state index in [4.69, 9.17) is 10.5 Å². The van der Waals surface area contributed by atoms with Crippen molar-refractivity contribution in [2.24, 2.45) is 5.73 Å². The van der Waals surface area contributed by atoms with E-state index < -0.39 is 0 Å². The normalized spacial score (nSPS) is 16.6. The van der Waals surface area contributed by atoms with Gasteiger partial charge in [0.25, 0.3) is 0 Å². The fourth-order valence-corrected chi connectivity index (χ4v) is 3.13. The Morgan fingerprint density at radius 3 is 2.26 bits per heavy atom. The summed E-state index contributed by atoms with van der Waals surface area (Å²) in [5.41, 5.74) is 8.48. The first-order valence-electron chi connectivity index (χ1n) is 7.43. The van der Waals surface area contributed by atoms with Gasteiger partial charge in [0.15, 0.2) is 0 Å². The van der Waals surface area contributed by atoms with Gasteiger partial charge in [-0.1, -0.05) is 54.6 Å². The van der Waals surface area contributed by atoms with E-state index in [0.29, 0.717) is 11.3 Å². The maximum absolute atomic E-state index is 9.56. The first kappa shape index (κ1) is 13.4. The van der Waals surface area contributed by atoms with Crippen molar-refractivity contribution in [1.82, 2.24) is 0 Å². The van der Waals surface area contributed by atoms with Crippen molar-refractivity contribution in [2.75, 3.05) is 0 Å². The lowest BCUT2D eigenvalue weighted by atomic mass is 9.83. The molecule has 3 aromatic rings. The average Bonchev–Trinajstić information content (AvgIpc) is 2.59. The summed E-state index contributed by atoms with van der Waals surface area (Å²) in [6, 6.07) is 24.3. The van der Waals surface area contributed by atoms with Gasteiger partial charge in [-0.25, -0.2) is 0 Å². The fourth-order valence-electron chi connectivity index (χ4n) is 3.13. The monoisotopic (exact) mass is 298 g/mol. The molecule has 3 nitrogen and oxygen atoms in total. The maximum atomic E-state index is 9.56. The van der Waals surface area contributed by atoms with Crippen LogP contribution in [0.1, 0.15) is 17.0 Å². The van der Waals surface area contributed by atoms with Crippen molar-refractivity contribution in [1.29, 1.82) is 5.26 Å². The second-order valence-corrected chi connectivity index (χ2v) is 5.57. The van der Waals surface area contributed by atoms with Crippen molar-refractivity contribution >= 4 is 10.8 Å². The molecular weight excluding hydrogens is 284 g/mol. The summed E-state index contributed by atoms with van der Waals surface area (Å²) in [6.45, 7) is 0. The lowest BCUT2D eigenvalue weighted by Crippen LogP contribution is -2.21. The minimum atomic E-state index is -0.199. The molecule has 1 aliphatic heterocycles. The molecule has 0 aliphatic carbocycles. The van der Waals surface area contributed by atoms with E-state index >= 15 is 0 Å². The molecule has 0 saturated carbocycles. The van der Waals surface area contributed by atoms with Crippen molar-refractivity contribution < 1.29 is 4.74 Å². The molecule has 110 valence electrons. The van der Waals surface area contributed by atoms with Gasteiger partial charge in [0.05, 0.1) is 5.92 Å². The Morgan fingerprint density at radius 1 is 0.913 bits per heavy atom. The summed E-state index contributed by atoms with van der Waals surface area (Å²) in [4.78, 5) is 0. The summed E-state index contributed by atoms with van der Waals surface area (Å²) < 4.78 is 5.73. The van der Waals surface area contributed by atoms with E-state index in [1.165, 1.54) is 0 Å². The molecule has 3 heteroatoms. The van der Waals surface area contributed by atoms with Crippen LogP contribution < -0.4 is 10.5 Å². The molecular formula is C20H14N2O. The Balaban J connectivity index is 2.00. The Bertz CT molecular complexity index is 968. The fraction of sp³-hybridized carbons (Fsp3) is 0.0500. The second kappa shape index (κ2) is 5.19. The highest BCUT2D eigenvalue weighted by Gasteiger charge is 2.30. The van der Waals surface area contributed by atoms with E-state index in [-0.39, 0.29) is 11.8 Å². The van der Waals surface area contributed by atoms with E-state index in [9.17, 15) is 5.26 Å². The molecule has 1 aliphatic rings. The lowest BCUT2D eigenvalue weighted by Gasteiger charge is -2.27. The number of hydrogen-bond donors (Lipinski definition) is 1. The van der Waals surface area contributed by atoms with Crippen LogP contribution in [0.25, 0.3) is 10.8 Å². The lowest BCUT2D eigenvalue weighted by molar-refractivity contribution is 0.394. The van der Waals surface area contributed by atoms with Crippen molar-refractivity contribution in [3.63, 3.8) is 0 Å².